The van der Waals surface area contributed by atoms with E-state index >= 15 is 0 Å². The number of fused-ring (bicyclic) bond motifs is 1. The van der Waals surface area contributed by atoms with Gasteiger partial charge in [0.2, 0.25) is 0 Å². The molecule has 0 bridgehead atoms. The number of hydrogen-bond donors (Lipinski definition) is 1. The number of pyridine rings is 1. The first-order chi connectivity index (χ1) is 6.75. The van der Waals surface area contributed by atoms with Crippen LogP contribution in [0.15, 0.2) is 36.5 Å². The summed E-state index contributed by atoms with van der Waals surface area (Å²) < 4.78 is 4.51. The number of benzene rings is 1. The fourth-order valence-corrected chi connectivity index (χ4v) is 1.22. The number of hydrogen-bond acceptors (Lipinski definition) is 3. The molecule has 0 aliphatic heterocycles. The predicted molar refractivity (Wildman–Crippen MR) is 50.4 cm³/mol. The maximum atomic E-state index is 10.3. The van der Waals surface area contributed by atoms with E-state index in [0.29, 0.717) is 5.75 Å². The fraction of sp³-hybridized carbons (Fsp3) is 0. The van der Waals surface area contributed by atoms with Gasteiger partial charge in [-0.2, -0.15) is 0 Å². The van der Waals surface area contributed by atoms with Gasteiger partial charge in [0.15, 0.2) is 0 Å². The summed E-state index contributed by atoms with van der Waals surface area (Å²) in [6.45, 7) is 0. The second-order valence-corrected chi connectivity index (χ2v) is 2.73. The van der Waals surface area contributed by atoms with Crippen LogP contribution >= 0.6 is 0 Å². The molecule has 0 spiro atoms. The number of carboxylic acid groups (broad SMARTS) is 1. The topological polar surface area (TPSA) is 59.4 Å². The summed E-state index contributed by atoms with van der Waals surface area (Å²) in [6.07, 6.45) is 0.369. The lowest BCUT2D eigenvalue weighted by molar-refractivity contribution is 0.144. The van der Waals surface area contributed by atoms with E-state index in [9.17, 15) is 4.79 Å². The van der Waals surface area contributed by atoms with Crippen LogP contribution in [0.1, 0.15) is 0 Å². The lowest BCUT2D eigenvalue weighted by atomic mass is 10.2. The molecule has 4 heteroatoms. The summed E-state index contributed by atoms with van der Waals surface area (Å²) in [7, 11) is 0. The molecule has 0 fully saturated rings. The van der Waals surface area contributed by atoms with Gasteiger partial charge < -0.3 is 9.84 Å². The highest BCUT2D eigenvalue weighted by Gasteiger charge is 2.01. The highest BCUT2D eigenvalue weighted by atomic mass is 16.7. The molecule has 2 rings (SSSR count). The van der Waals surface area contributed by atoms with Crippen LogP contribution in [0.4, 0.5) is 4.79 Å². The molecule has 4 nitrogen and oxygen atoms in total. The maximum Gasteiger partial charge on any atom is 0.511 e. The third kappa shape index (κ3) is 1.64. The van der Waals surface area contributed by atoms with Crippen molar-refractivity contribution < 1.29 is 14.6 Å². The first-order valence-electron chi connectivity index (χ1n) is 4.01. The Labute approximate surface area is 79.8 Å². The van der Waals surface area contributed by atoms with E-state index in [0.717, 1.165) is 10.9 Å². The van der Waals surface area contributed by atoms with Gasteiger partial charge in [0.25, 0.3) is 0 Å². The van der Waals surface area contributed by atoms with Crippen molar-refractivity contribution in [2.75, 3.05) is 0 Å². The van der Waals surface area contributed by atoms with Gasteiger partial charge in [-0.15, -0.1) is 0 Å². The zero-order valence-corrected chi connectivity index (χ0v) is 7.18. The summed E-state index contributed by atoms with van der Waals surface area (Å²) in [4.78, 5) is 14.4. The zero-order valence-electron chi connectivity index (χ0n) is 7.18. The molecule has 70 valence electrons. The Morgan fingerprint density at radius 3 is 3.00 bits per heavy atom. The summed E-state index contributed by atoms with van der Waals surface area (Å²) in [6, 6.07) is 8.55. The van der Waals surface area contributed by atoms with Crippen LogP contribution in [0.5, 0.6) is 5.75 Å². The summed E-state index contributed by atoms with van der Waals surface area (Å²) in [5, 5.41) is 9.25. The molecule has 0 amide bonds. The molecule has 1 aromatic heterocycles. The number of aromatic nitrogens is 1. The number of rotatable bonds is 1. The molecule has 0 aliphatic carbocycles. The van der Waals surface area contributed by atoms with Gasteiger partial charge in [-0.1, -0.05) is 6.07 Å². The monoisotopic (exact) mass is 189 g/mol. The molecular weight excluding hydrogens is 182 g/mol. The Balaban J connectivity index is 2.46. The average Bonchev–Trinajstić information content (AvgIpc) is 2.17. The molecule has 0 aliphatic rings. The van der Waals surface area contributed by atoms with E-state index in [4.69, 9.17) is 5.11 Å². The van der Waals surface area contributed by atoms with Gasteiger partial charge in [0, 0.05) is 11.6 Å². The molecule has 0 saturated carbocycles. The Morgan fingerprint density at radius 2 is 2.21 bits per heavy atom. The van der Waals surface area contributed by atoms with Crippen molar-refractivity contribution in [3.8, 4) is 5.75 Å². The second kappa shape index (κ2) is 3.33. The smallest absolute Gasteiger partial charge is 0.449 e. The predicted octanol–water partition coefficient (Wildman–Crippen LogP) is 2.29. The molecular formula is C10H7NO3. The van der Waals surface area contributed by atoms with Gasteiger partial charge >= 0.3 is 6.16 Å². The van der Waals surface area contributed by atoms with Gasteiger partial charge in [0.1, 0.15) is 5.75 Å². The Morgan fingerprint density at radius 1 is 1.36 bits per heavy atom. The molecule has 0 unspecified atom stereocenters. The third-order valence-corrected chi connectivity index (χ3v) is 1.78. The van der Waals surface area contributed by atoms with Crippen molar-refractivity contribution in [3.05, 3.63) is 36.5 Å². The third-order valence-electron chi connectivity index (χ3n) is 1.78. The molecule has 0 saturated heterocycles. The van der Waals surface area contributed by atoms with Crippen molar-refractivity contribution in [1.29, 1.82) is 0 Å². The van der Waals surface area contributed by atoms with Gasteiger partial charge in [-0.3, -0.25) is 4.98 Å². The fourth-order valence-electron chi connectivity index (χ4n) is 1.22. The van der Waals surface area contributed by atoms with E-state index in [1.807, 2.05) is 6.07 Å². The Kier molecular flexibility index (Phi) is 2.02. The van der Waals surface area contributed by atoms with Crippen LogP contribution in [0.3, 0.4) is 0 Å². The van der Waals surface area contributed by atoms with Crippen LogP contribution in [0, 0.1) is 0 Å². The molecule has 1 N–H and O–H groups in total. The van der Waals surface area contributed by atoms with Crippen molar-refractivity contribution >= 4 is 17.1 Å². The van der Waals surface area contributed by atoms with Crippen LogP contribution in [-0.2, 0) is 0 Å². The van der Waals surface area contributed by atoms with Crippen LogP contribution in [0.25, 0.3) is 10.9 Å². The van der Waals surface area contributed by atoms with Crippen LogP contribution in [-0.4, -0.2) is 16.2 Å². The highest BCUT2D eigenvalue weighted by molar-refractivity contribution is 5.80. The van der Waals surface area contributed by atoms with Crippen LogP contribution < -0.4 is 4.74 Å². The van der Waals surface area contributed by atoms with Gasteiger partial charge in [0.05, 0.1) is 5.52 Å². The SMILES string of the molecule is O=C(O)Oc1ccc2ncccc2c1. The standard InChI is InChI=1S/C10H7NO3/c12-10(13)14-8-3-4-9-7(6-8)2-1-5-11-9/h1-6H,(H,12,13). The van der Waals surface area contributed by atoms with Crippen molar-refractivity contribution in [2.24, 2.45) is 0 Å². The second-order valence-electron chi connectivity index (χ2n) is 2.73. The minimum Gasteiger partial charge on any atom is -0.449 e. The summed E-state index contributed by atoms with van der Waals surface area (Å²) >= 11 is 0. The average molecular weight is 189 g/mol. The minimum absolute atomic E-state index is 0.304. The molecule has 0 atom stereocenters. The number of nitrogens with zero attached hydrogens (tertiary/aromatic N) is 1. The van der Waals surface area contributed by atoms with Gasteiger partial charge in [-0.05, 0) is 24.3 Å². The minimum atomic E-state index is -1.31. The lowest BCUT2D eigenvalue weighted by Crippen LogP contribution is -2.02. The molecule has 0 radical (unpaired) electrons. The largest absolute Gasteiger partial charge is 0.511 e. The van der Waals surface area contributed by atoms with Gasteiger partial charge in [-0.25, -0.2) is 4.79 Å². The Bertz CT molecular complexity index is 482. The number of ether oxygens (including phenoxy) is 1. The van der Waals surface area contributed by atoms with E-state index in [2.05, 4.69) is 9.72 Å². The van der Waals surface area contributed by atoms with E-state index in [-0.39, 0.29) is 0 Å². The normalized spacial score (nSPS) is 10.0. The zero-order chi connectivity index (χ0) is 9.97. The highest BCUT2D eigenvalue weighted by Crippen LogP contribution is 2.18. The van der Waals surface area contributed by atoms with E-state index in [1.165, 1.54) is 0 Å². The van der Waals surface area contributed by atoms with Crippen molar-refractivity contribution in [3.63, 3.8) is 0 Å². The van der Waals surface area contributed by atoms with Crippen LogP contribution in [0.2, 0.25) is 0 Å². The maximum absolute atomic E-state index is 10.3. The first-order valence-corrected chi connectivity index (χ1v) is 4.01. The molecule has 2 aromatic rings. The molecule has 1 heterocycles. The summed E-state index contributed by atoms with van der Waals surface area (Å²) in [5.74, 6) is 0.304. The molecule has 14 heavy (non-hydrogen) atoms. The van der Waals surface area contributed by atoms with Crippen molar-refractivity contribution in [1.82, 2.24) is 4.98 Å². The molecule has 1 aromatic carbocycles. The number of carbonyl (C=O) groups is 1. The van der Waals surface area contributed by atoms with E-state index in [1.54, 1.807) is 30.5 Å². The van der Waals surface area contributed by atoms with Crippen molar-refractivity contribution in [2.45, 2.75) is 0 Å². The lowest BCUT2D eigenvalue weighted by Gasteiger charge is -2.00. The Hall–Kier alpha value is -2.10. The first kappa shape index (κ1) is 8.50. The van der Waals surface area contributed by atoms with E-state index < -0.39 is 6.16 Å². The quantitative estimate of drug-likeness (QED) is 0.552. The summed E-state index contributed by atoms with van der Waals surface area (Å²) in [5.41, 5.74) is 0.810.